The maximum atomic E-state index is 12.2. The van der Waals surface area contributed by atoms with Crippen LogP contribution in [0.25, 0.3) is 0 Å². The van der Waals surface area contributed by atoms with Gasteiger partial charge in [-0.1, -0.05) is 33.8 Å². The average molecular weight is 480 g/mol. The van der Waals surface area contributed by atoms with Gasteiger partial charge in [0, 0.05) is 6.54 Å². The van der Waals surface area contributed by atoms with Gasteiger partial charge in [-0.25, -0.2) is 0 Å². The van der Waals surface area contributed by atoms with E-state index in [-0.39, 0.29) is 36.4 Å². The van der Waals surface area contributed by atoms with Crippen LogP contribution in [-0.2, 0) is 30.3 Å². The first-order chi connectivity index (χ1) is 15.6. The standard InChI is InChI=1S/C25H37NO8/c1-14(2)22(29)33-19-10-9-17(12-20(19)34-23(30)15(3)4)11-18(21(27)28)26-13-16(5)32-24(31)25(6,7)8/h9-10,12,14-16,18,26H,11,13H2,1-8H3,(H,27,28)/t16?,18-/m0/s1. The molecule has 1 rings (SSSR count). The Morgan fingerprint density at radius 3 is 1.91 bits per heavy atom. The molecular weight excluding hydrogens is 442 g/mol. The van der Waals surface area contributed by atoms with E-state index in [2.05, 4.69) is 5.32 Å². The molecule has 0 aliphatic rings. The smallest absolute Gasteiger partial charge is 0.321 e. The lowest BCUT2D eigenvalue weighted by Crippen LogP contribution is -2.43. The zero-order valence-electron chi connectivity index (χ0n) is 21.3. The first-order valence-electron chi connectivity index (χ1n) is 11.3. The maximum absolute atomic E-state index is 12.2. The third kappa shape index (κ3) is 9.51. The Kier molecular flexibility index (Phi) is 10.7. The van der Waals surface area contributed by atoms with Crippen LogP contribution in [-0.4, -0.2) is 47.7 Å². The van der Waals surface area contributed by atoms with Crippen LogP contribution in [0.15, 0.2) is 18.2 Å². The second kappa shape index (κ2) is 12.5. The highest BCUT2D eigenvalue weighted by Crippen LogP contribution is 2.30. The molecule has 190 valence electrons. The van der Waals surface area contributed by atoms with Gasteiger partial charge in [0.15, 0.2) is 11.5 Å². The number of rotatable bonds is 11. The van der Waals surface area contributed by atoms with Gasteiger partial charge in [-0.15, -0.1) is 0 Å². The molecule has 0 amide bonds. The first-order valence-corrected chi connectivity index (χ1v) is 11.3. The molecule has 0 fully saturated rings. The molecule has 34 heavy (non-hydrogen) atoms. The van der Waals surface area contributed by atoms with Crippen molar-refractivity contribution in [3.8, 4) is 11.5 Å². The summed E-state index contributed by atoms with van der Waals surface area (Å²) in [5, 5.41) is 12.6. The van der Waals surface area contributed by atoms with Crippen LogP contribution in [0.5, 0.6) is 11.5 Å². The van der Waals surface area contributed by atoms with Crippen LogP contribution in [0, 0.1) is 17.3 Å². The van der Waals surface area contributed by atoms with Crippen molar-refractivity contribution < 1.29 is 38.5 Å². The van der Waals surface area contributed by atoms with Crippen molar-refractivity contribution in [2.75, 3.05) is 6.54 Å². The van der Waals surface area contributed by atoms with Gasteiger partial charge in [-0.2, -0.15) is 0 Å². The summed E-state index contributed by atoms with van der Waals surface area (Å²) in [5.74, 6) is -3.14. The average Bonchev–Trinajstić information content (AvgIpc) is 2.71. The topological polar surface area (TPSA) is 128 Å². The molecule has 2 atom stereocenters. The van der Waals surface area contributed by atoms with Gasteiger partial charge in [-0.05, 0) is 51.8 Å². The Morgan fingerprint density at radius 2 is 1.44 bits per heavy atom. The minimum absolute atomic E-state index is 0.0433. The highest BCUT2D eigenvalue weighted by molar-refractivity contribution is 5.78. The molecule has 0 aromatic heterocycles. The van der Waals surface area contributed by atoms with Gasteiger partial charge in [0.05, 0.1) is 17.3 Å². The molecule has 0 saturated heterocycles. The summed E-state index contributed by atoms with van der Waals surface area (Å²) in [7, 11) is 0. The molecule has 0 aliphatic heterocycles. The number of carboxylic acids is 1. The molecule has 0 heterocycles. The van der Waals surface area contributed by atoms with Gasteiger partial charge in [0.1, 0.15) is 12.1 Å². The molecule has 0 bridgehead atoms. The largest absolute Gasteiger partial charge is 0.480 e. The highest BCUT2D eigenvalue weighted by atomic mass is 16.6. The van der Waals surface area contributed by atoms with Gasteiger partial charge in [0.2, 0.25) is 0 Å². The summed E-state index contributed by atoms with van der Waals surface area (Å²) < 4.78 is 16.1. The molecule has 9 nitrogen and oxygen atoms in total. The Bertz CT molecular complexity index is 885. The minimum Gasteiger partial charge on any atom is -0.480 e. The van der Waals surface area contributed by atoms with Crippen molar-refractivity contribution in [2.45, 2.75) is 74.0 Å². The van der Waals surface area contributed by atoms with E-state index in [9.17, 15) is 24.3 Å². The van der Waals surface area contributed by atoms with Crippen molar-refractivity contribution in [2.24, 2.45) is 17.3 Å². The molecule has 1 aromatic carbocycles. The Balaban J connectivity index is 3.01. The summed E-state index contributed by atoms with van der Waals surface area (Å²) in [6, 6.07) is 3.58. The van der Waals surface area contributed by atoms with Crippen molar-refractivity contribution in [1.82, 2.24) is 5.32 Å². The number of aliphatic carboxylic acids is 1. The molecule has 0 radical (unpaired) electrons. The number of esters is 3. The fourth-order valence-electron chi connectivity index (χ4n) is 2.49. The quantitative estimate of drug-likeness (QED) is 0.362. The van der Waals surface area contributed by atoms with Crippen LogP contribution in [0.4, 0.5) is 0 Å². The number of carbonyl (C=O) groups excluding carboxylic acids is 3. The lowest BCUT2D eigenvalue weighted by Gasteiger charge is -2.23. The summed E-state index contributed by atoms with van der Waals surface area (Å²) in [4.78, 5) is 48.0. The molecule has 1 aromatic rings. The number of carboxylic acid groups (broad SMARTS) is 1. The van der Waals surface area contributed by atoms with Crippen molar-refractivity contribution >= 4 is 23.9 Å². The van der Waals surface area contributed by atoms with Crippen LogP contribution < -0.4 is 14.8 Å². The second-order valence-corrected chi connectivity index (χ2v) is 9.90. The van der Waals surface area contributed by atoms with E-state index < -0.39 is 41.4 Å². The lowest BCUT2D eigenvalue weighted by molar-refractivity contribution is -0.157. The van der Waals surface area contributed by atoms with Crippen molar-refractivity contribution in [3.05, 3.63) is 23.8 Å². The van der Waals surface area contributed by atoms with E-state index in [1.807, 2.05) is 0 Å². The number of hydrogen-bond donors (Lipinski definition) is 2. The van der Waals surface area contributed by atoms with Crippen LogP contribution in [0.1, 0.15) is 61.0 Å². The fourth-order valence-corrected chi connectivity index (χ4v) is 2.49. The van der Waals surface area contributed by atoms with Crippen molar-refractivity contribution in [1.29, 1.82) is 0 Å². The Labute approximate surface area is 201 Å². The van der Waals surface area contributed by atoms with Crippen molar-refractivity contribution in [3.63, 3.8) is 0 Å². The van der Waals surface area contributed by atoms with Gasteiger partial charge in [0.25, 0.3) is 0 Å². The van der Waals surface area contributed by atoms with Gasteiger partial charge >= 0.3 is 23.9 Å². The first kappa shape index (κ1) is 29.1. The molecule has 0 spiro atoms. The molecular formula is C25H37NO8. The normalized spacial score (nSPS) is 13.4. The van der Waals surface area contributed by atoms with E-state index in [1.54, 1.807) is 61.5 Å². The summed E-state index contributed by atoms with van der Waals surface area (Å²) in [6.07, 6.45) is -0.478. The third-order valence-electron chi connectivity index (χ3n) is 4.68. The highest BCUT2D eigenvalue weighted by Gasteiger charge is 2.26. The molecule has 9 heteroatoms. The van der Waals surface area contributed by atoms with E-state index in [0.29, 0.717) is 5.56 Å². The summed E-state index contributed by atoms with van der Waals surface area (Å²) >= 11 is 0. The van der Waals surface area contributed by atoms with Crippen LogP contribution >= 0.6 is 0 Å². The maximum Gasteiger partial charge on any atom is 0.321 e. The van der Waals surface area contributed by atoms with Gasteiger partial charge < -0.3 is 24.6 Å². The predicted molar refractivity (Wildman–Crippen MR) is 126 cm³/mol. The zero-order valence-corrected chi connectivity index (χ0v) is 21.3. The number of benzene rings is 1. The van der Waals surface area contributed by atoms with E-state index in [0.717, 1.165) is 0 Å². The zero-order chi connectivity index (χ0) is 26.2. The fraction of sp³-hybridized carbons (Fsp3) is 0.600. The number of ether oxygens (including phenoxy) is 3. The SMILES string of the molecule is CC(CN[C@@H](Cc1ccc(OC(=O)C(C)C)c(OC(=O)C(C)C)c1)C(=O)O)OC(=O)C(C)(C)C. The number of hydrogen-bond acceptors (Lipinski definition) is 8. The third-order valence-corrected chi connectivity index (χ3v) is 4.68. The lowest BCUT2D eigenvalue weighted by atomic mass is 9.97. The summed E-state index contributed by atoms with van der Waals surface area (Å²) in [6.45, 7) is 13.7. The van der Waals surface area contributed by atoms with E-state index in [4.69, 9.17) is 14.2 Å². The minimum atomic E-state index is -1.09. The van der Waals surface area contributed by atoms with E-state index >= 15 is 0 Å². The molecule has 2 N–H and O–H groups in total. The monoisotopic (exact) mass is 479 g/mol. The Hall–Kier alpha value is -2.94. The Morgan fingerprint density at radius 1 is 0.912 bits per heavy atom. The predicted octanol–water partition coefficient (Wildman–Crippen LogP) is 3.37. The number of carbonyl (C=O) groups is 4. The second-order valence-electron chi connectivity index (χ2n) is 9.90. The molecule has 0 aliphatic carbocycles. The van der Waals surface area contributed by atoms with Crippen LogP contribution in [0.3, 0.4) is 0 Å². The van der Waals surface area contributed by atoms with Gasteiger partial charge in [-0.3, -0.25) is 19.2 Å². The van der Waals surface area contributed by atoms with Crippen LogP contribution in [0.2, 0.25) is 0 Å². The number of nitrogens with one attached hydrogen (secondary N) is 1. The molecule has 0 saturated carbocycles. The molecule has 1 unspecified atom stereocenters. The summed E-state index contributed by atoms with van der Waals surface area (Å²) in [5.41, 5.74) is -0.111. The van der Waals surface area contributed by atoms with E-state index in [1.165, 1.54) is 12.1 Å².